The molecule has 4 aliphatic rings. The van der Waals surface area contributed by atoms with Crippen molar-refractivity contribution in [2.75, 3.05) is 26.2 Å². The zero-order chi connectivity index (χ0) is 16.0. The third kappa shape index (κ3) is 3.22. The van der Waals surface area contributed by atoms with Crippen LogP contribution in [0.5, 0.6) is 0 Å². The minimum absolute atomic E-state index is 0.00408. The number of carbonyl (C=O) groups excluding carboxylic acids is 1. The Morgan fingerprint density at radius 2 is 2.00 bits per heavy atom. The van der Waals surface area contributed by atoms with Gasteiger partial charge in [0.2, 0.25) is 0 Å². The third-order valence-electron chi connectivity index (χ3n) is 6.32. The molecule has 5 heteroatoms. The molecule has 0 aromatic carbocycles. The summed E-state index contributed by atoms with van der Waals surface area (Å²) in [4.78, 5) is 14.8. The van der Waals surface area contributed by atoms with E-state index < -0.39 is 0 Å². The number of rotatable bonds is 7. The number of nitrogens with zero attached hydrogens (tertiary/aromatic N) is 1. The summed E-state index contributed by atoms with van der Waals surface area (Å²) in [6, 6.07) is 1.04. The van der Waals surface area contributed by atoms with Gasteiger partial charge in [0.05, 0.1) is 6.10 Å². The molecule has 23 heavy (non-hydrogen) atoms. The van der Waals surface area contributed by atoms with Crippen molar-refractivity contribution in [1.29, 1.82) is 0 Å². The second kappa shape index (κ2) is 5.92. The summed E-state index contributed by atoms with van der Waals surface area (Å²) in [6.07, 6.45) is 6.90. The average molecular weight is 321 g/mol. The van der Waals surface area contributed by atoms with E-state index in [9.17, 15) is 4.79 Å². The minimum Gasteiger partial charge on any atom is -0.377 e. The van der Waals surface area contributed by atoms with Crippen LogP contribution >= 0.6 is 0 Å². The fourth-order valence-electron chi connectivity index (χ4n) is 4.62. The van der Waals surface area contributed by atoms with Gasteiger partial charge >= 0.3 is 6.03 Å². The van der Waals surface area contributed by atoms with E-state index in [0.717, 1.165) is 38.1 Å². The molecule has 4 rings (SSSR count). The summed E-state index contributed by atoms with van der Waals surface area (Å²) in [5.74, 6) is 1.44. The first-order valence-electron chi connectivity index (χ1n) is 9.45. The van der Waals surface area contributed by atoms with E-state index in [1.165, 1.54) is 32.2 Å². The smallest absolute Gasteiger partial charge is 0.315 e. The Hall–Kier alpha value is -0.810. The van der Waals surface area contributed by atoms with Gasteiger partial charge in [-0.2, -0.15) is 0 Å². The number of ether oxygens (including phenoxy) is 1. The Labute approximate surface area is 139 Å². The van der Waals surface area contributed by atoms with Crippen molar-refractivity contribution in [3.8, 4) is 0 Å². The van der Waals surface area contributed by atoms with Crippen LogP contribution in [0.2, 0.25) is 0 Å². The molecule has 4 fully saturated rings. The molecule has 0 radical (unpaired) electrons. The zero-order valence-electron chi connectivity index (χ0n) is 14.5. The molecule has 3 atom stereocenters. The molecule has 1 saturated heterocycles. The van der Waals surface area contributed by atoms with Gasteiger partial charge in [-0.15, -0.1) is 0 Å². The number of fused-ring (bicyclic) bond motifs is 1. The zero-order valence-corrected chi connectivity index (χ0v) is 14.5. The molecular formula is C18H31N3O2. The first-order chi connectivity index (χ1) is 11.1. The van der Waals surface area contributed by atoms with Crippen LogP contribution in [0.4, 0.5) is 4.79 Å². The topological polar surface area (TPSA) is 53.6 Å². The molecule has 0 bridgehead atoms. The second-order valence-electron chi connectivity index (χ2n) is 8.61. The van der Waals surface area contributed by atoms with Crippen LogP contribution in [0.25, 0.3) is 0 Å². The molecule has 0 aromatic heterocycles. The Morgan fingerprint density at radius 1 is 1.22 bits per heavy atom. The van der Waals surface area contributed by atoms with Crippen LogP contribution < -0.4 is 10.6 Å². The second-order valence-corrected chi connectivity index (χ2v) is 8.61. The first kappa shape index (κ1) is 15.7. The van der Waals surface area contributed by atoms with Gasteiger partial charge < -0.3 is 15.4 Å². The fraction of sp³-hybridized carbons (Fsp3) is 0.944. The summed E-state index contributed by atoms with van der Waals surface area (Å²) in [5.41, 5.74) is 0.0600. The fourth-order valence-corrected chi connectivity index (χ4v) is 4.62. The van der Waals surface area contributed by atoms with Gasteiger partial charge in [0.1, 0.15) is 0 Å². The summed E-state index contributed by atoms with van der Waals surface area (Å²) in [5, 5.41) is 6.27. The highest BCUT2D eigenvalue weighted by atomic mass is 16.5. The van der Waals surface area contributed by atoms with Gasteiger partial charge in [-0.05, 0) is 38.0 Å². The Morgan fingerprint density at radius 3 is 2.70 bits per heavy atom. The van der Waals surface area contributed by atoms with Crippen LogP contribution in [0.3, 0.4) is 0 Å². The summed E-state index contributed by atoms with van der Waals surface area (Å²) >= 11 is 0. The highest BCUT2D eigenvalue weighted by molar-refractivity contribution is 5.74. The van der Waals surface area contributed by atoms with Crippen LogP contribution in [-0.4, -0.2) is 55.4 Å². The standard InChI is InChI=1S/C18H31N3O2/c1-18(2)15(14-7-10-23-16(14)18)20-17(22)19-8-9-21(13-5-6-13)11-12-3-4-12/h12-16H,3-11H2,1-2H3,(H2,19,20,22)/t14-,15-,16+/m1/s1. The van der Waals surface area contributed by atoms with Crippen molar-refractivity contribution in [2.24, 2.45) is 17.3 Å². The normalized spacial score (nSPS) is 34.8. The molecule has 5 nitrogen and oxygen atoms in total. The quantitative estimate of drug-likeness (QED) is 0.754. The van der Waals surface area contributed by atoms with Crippen molar-refractivity contribution in [2.45, 2.75) is 64.1 Å². The number of carbonyl (C=O) groups is 1. The lowest BCUT2D eigenvalue weighted by Gasteiger charge is -2.54. The number of amides is 2. The molecule has 0 unspecified atom stereocenters. The number of urea groups is 1. The number of hydrogen-bond donors (Lipinski definition) is 2. The van der Waals surface area contributed by atoms with E-state index in [1.807, 2.05) is 0 Å². The first-order valence-corrected chi connectivity index (χ1v) is 9.45. The SMILES string of the molecule is CC1(C)[C@H](NC(=O)NCCN(CC2CC2)C2CC2)[C@H]2CCO[C@@H]21. The average Bonchev–Trinajstić information content (AvgIpc) is 3.42. The molecule has 3 saturated carbocycles. The van der Waals surface area contributed by atoms with Crippen LogP contribution in [-0.2, 0) is 4.74 Å². The predicted molar refractivity (Wildman–Crippen MR) is 89.3 cm³/mol. The molecule has 130 valence electrons. The summed E-state index contributed by atoms with van der Waals surface area (Å²) < 4.78 is 5.79. The minimum atomic E-state index is -0.00408. The molecule has 1 aliphatic heterocycles. The van der Waals surface area contributed by atoms with Crippen molar-refractivity contribution in [3.63, 3.8) is 0 Å². The van der Waals surface area contributed by atoms with E-state index in [2.05, 4.69) is 29.4 Å². The lowest BCUT2D eigenvalue weighted by molar-refractivity contribution is -0.108. The maximum atomic E-state index is 12.2. The van der Waals surface area contributed by atoms with Crippen LogP contribution in [0.1, 0.15) is 46.0 Å². The lowest BCUT2D eigenvalue weighted by Crippen LogP contribution is -2.67. The maximum Gasteiger partial charge on any atom is 0.315 e. The summed E-state index contributed by atoms with van der Waals surface area (Å²) in [7, 11) is 0. The molecule has 2 N–H and O–H groups in total. The van der Waals surface area contributed by atoms with Gasteiger partial charge in [-0.3, -0.25) is 4.90 Å². The van der Waals surface area contributed by atoms with E-state index in [-0.39, 0.29) is 17.5 Å². The van der Waals surface area contributed by atoms with Crippen molar-refractivity contribution < 1.29 is 9.53 Å². The predicted octanol–water partition coefficient (Wildman–Crippen LogP) is 1.97. The lowest BCUT2D eigenvalue weighted by atomic mass is 9.57. The van der Waals surface area contributed by atoms with Gasteiger partial charge in [-0.25, -0.2) is 4.79 Å². The molecule has 0 spiro atoms. The monoisotopic (exact) mass is 321 g/mol. The largest absolute Gasteiger partial charge is 0.377 e. The van der Waals surface area contributed by atoms with Crippen LogP contribution in [0, 0.1) is 17.3 Å². The molecule has 3 aliphatic carbocycles. The van der Waals surface area contributed by atoms with Crippen LogP contribution in [0.15, 0.2) is 0 Å². The van der Waals surface area contributed by atoms with E-state index in [0.29, 0.717) is 12.0 Å². The van der Waals surface area contributed by atoms with Crippen molar-refractivity contribution in [3.05, 3.63) is 0 Å². The van der Waals surface area contributed by atoms with E-state index in [1.54, 1.807) is 0 Å². The van der Waals surface area contributed by atoms with E-state index in [4.69, 9.17) is 4.74 Å². The molecule has 2 amide bonds. The number of nitrogens with one attached hydrogen (secondary N) is 2. The summed E-state index contributed by atoms with van der Waals surface area (Å²) in [6.45, 7) is 8.25. The van der Waals surface area contributed by atoms with Gasteiger partial charge in [-0.1, -0.05) is 13.8 Å². The van der Waals surface area contributed by atoms with Gasteiger partial charge in [0.15, 0.2) is 0 Å². The maximum absolute atomic E-state index is 12.2. The Balaban J connectivity index is 1.19. The Bertz CT molecular complexity index is 459. The molecular weight excluding hydrogens is 290 g/mol. The van der Waals surface area contributed by atoms with Crippen molar-refractivity contribution >= 4 is 6.03 Å². The molecule has 1 heterocycles. The van der Waals surface area contributed by atoms with Crippen molar-refractivity contribution in [1.82, 2.24) is 15.5 Å². The third-order valence-corrected chi connectivity index (χ3v) is 6.32. The van der Waals surface area contributed by atoms with E-state index >= 15 is 0 Å². The Kier molecular flexibility index (Phi) is 4.04. The highest BCUT2D eigenvalue weighted by Crippen LogP contribution is 2.52. The molecule has 0 aromatic rings. The van der Waals surface area contributed by atoms with Gasteiger partial charge in [0.25, 0.3) is 0 Å². The van der Waals surface area contributed by atoms with Gasteiger partial charge in [0, 0.05) is 49.7 Å². The number of hydrogen-bond acceptors (Lipinski definition) is 3. The highest BCUT2D eigenvalue weighted by Gasteiger charge is 2.59.